The molecule has 1 N–H and O–H groups in total. The second kappa shape index (κ2) is 5.13. The maximum atomic E-state index is 10.5. The first-order valence-electron chi connectivity index (χ1n) is 3.84. The molecule has 0 heterocycles. The molecule has 1 atom stereocenters. The van der Waals surface area contributed by atoms with Crippen LogP contribution in [0, 0.1) is 5.92 Å². The van der Waals surface area contributed by atoms with E-state index in [0.717, 1.165) is 6.42 Å². The van der Waals surface area contributed by atoms with Crippen molar-refractivity contribution in [1.82, 2.24) is 0 Å². The molecule has 0 aliphatic heterocycles. The molecule has 11 heavy (non-hydrogen) atoms. The summed E-state index contributed by atoms with van der Waals surface area (Å²) in [5.74, 6) is 0.108. The number of carbonyl (C=O) groups is 1. The smallest absolute Gasteiger partial charge is 0.302 e. The van der Waals surface area contributed by atoms with Gasteiger partial charge in [0.1, 0.15) is 6.10 Å². The van der Waals surface area contributed by atoms with Crippen molar-refractivity contribution < 1.29 is 14.6 Å². The number of aliphatic hydroxyl groups excluding tert-OH is 1. The van der Waals surface area contributed by atoms with E-state index < -0.39 is 0 Å². The lowest BCUT2D eigenvalue weighted by Gasteiger charge is -2.15. The van der Waals surface area contributed by atoms with E-state index in [2.05, 4.69) is 0 Å². The lowest BCUT2D eigenvalue weighted by molar-refractivity contribution is -0.149. The van der Waals surface area contributed by atoms with Crippen LogP contribution in [0.15, 0.2) is 0 Å². The number of aliphatic hydroxyl groups is 1. The van der Waals surface area contributed by atoms with E-state index in [1.807, 2.05) is 13.8 Å². The Morgan fingerprint density at radius 1 is 1.55 bits per heavy atom. The molecule has 0 unspecified atom stereocenters. The fraction of sp³-hybridized carbons (Fsp3) is 0.875. The largest absolute Gasteiger partial charge is 0.460 e. The third-order valence-corrected chi connectivity index (χ3v) is 1.27. The van der Waals surface area contributed by atoms with Gasteiger partial charge in [0.2, 0.25) is 0 Å². The standard InChI is InChI=1S/C8H16O3/c1-6(2)4-8(5-9)11-7(3)10/h6,8-9H,4-5H2,1-3H3/t8-/m0/s1. The number of hydrogen-bond acceptors (Lipinski definition) is 3. The molecule has 66 valence electrons. The Labute approximate surface area is 67.4 Å². The Balaban J connectivity index is 3.66. The van der Waals surface area contributed by atoms with Crippen LogP contribution in [0.1, 0.15) is 27.2 Å². The fourth-order valence-electron chi connectivity index (χ4n) is 0.920. The van der Waals surface area contributed by atoms with Gasteiger partial charge in [-0.1, -0.05) is 13.8 Å². The maximum Gasteiger partial charge on any atom is 0.302 e. The van der Waals surface area contributed by atoms with Crippen molar-refractivity contribution in [1.29, 1.82) is 0 Å². The number of ether oxygens (including phenoxy) is 1. The first kappa shape index (κ1) is 10.4. The molecule has 3 nitrogen and oxygen atoms in total. The molecule has 0 radical (unpaired) electrons. The molecule has 0 bridgehead atoms. The zero-order chi connectivity index (χ0) is 8.85. The van der Waals surface area contributed by atoms with Crippen molar-refractivity contribution in [3.63, 3.8) is 0 Å². The molecule has 0 aliphatic rings. The number of carbonyl (C=O) groups excluding carboxylic acids is 1. The molecule has 0 aliphatic carbocycles. The van der Waals surface area contributed by atoms with Gasteiger partial charge in [0.15, 0.2) is 0 Å². The van der Waals surface area contributed by atoms with Gasteiger partial charge in [-0.3, -0.25) is 4.79 Å². The van der Waals surface area contributed by atoms with Crippen LogP contribution in [-0.4, -0.2) is 23.8 Å². The molecule has 0 aromatic heterocycles. The van der Waals surface area contributed by atoms with Gasteiger partial charge in [-0.05, 0) is 12.3 Å². The van der Waals surface area contributed by atoms with Crippen LogP contribution in [0.25, 0.3) is 0 Å². The van der Waals surface area contributed by atoms with Crippen LogP contribution >= 0.6 is 0 Å². The molecule has 0 fully saturated rings. The maximum absolute atomic E-state index is 10.5. The number of hydrogen-bond donors (Lipinski definition) is 1. The third-order valence-electron chi connectivity index (χ3n) is 1.27. The third kappa shape index (κ3) is 5.85. The molecule has 3 heteroatoms. The van der Waals surface area contributed by atoms with Crippen LogP contribution < -0.4 is 0 Å². The number of esters is 1. The van der Waals surface area contributed by atoms with Crippen molar-refractivity contribution in [3.8, 4) is 0 Å². The van der Waals surface area contributed by atoms with Crippen LogP contribution in [-0.2, 0) is 9.53 Å². The molecule has 0 rings (SSSR count). The van der Waals surface area contributed by atoms with Crippen molar-refractivity contribution >= 4 is 5.97 Å². The van der Waals surface area contributed by atoms with Gasteiger partial charge in [0.25, 0.3) is 0 Å². The van der Waals surface area contributed by atoms with E-state index in [1.54, 1.807) is 0 Å². The van der Waals surface area contributed by atoms with E-state index in [-0.39, 0.29) is 18.7 Å². The summed E-state index contributed by atoms with van der Waals surface area (Å²) >= 11 is 0. The predicted octanol–water partition coefficient (Wildman–Crippen LogP) is 0.956. The Kier molecular flexibility index (Phi) is 4.86. The lowest BCUT2D eigenvalue weighted by atomic mass is 10.1. The Bertz CT molecular complexity index is 121. The van der Waals surface area contributed by atoms with E-state index in [4.69, 9.17) is 9.84 Å². The van der Waals surface area contributed by atoms with Gasteiger partial charge in [0.05, 0.1) is 6.61 Å². The van der Waals surface area contributed by atoms with Gasteiger partial charge >= 0.3 is 5.97 Å². The minimum absolute atomic E-state index is 0.0856. The summed E-state index contributed by atoms with van der Waals surface area (Å²) in [5.41, 5.74) is 0. The Morgan fingerprint density at radius 2 is 2.09 bits per heavy atom. The minimum atomic E-state index is -0.329. The van der Waals surface area contributed by atoms with Crippen molar-refractivity contribution in [2.24, 2.45) is 5.92 Å². The summed E-state index contributed by atoms with van der Waals surface area (Å²) in [6.45, 7) is 5.30. The number of rotatable bonds is 4. The van der Waals surface area contributed by atoms with Crippen molar-refractivity contribution in [2.75, 3.05) is 6.61 Å². The minimum Gasteiger partial charge on any atom is -0.460 e. The second-order valence-corrected chi connectivity index (χ2v) is 3.04. The average molecular weight is 160 g/mol. The summed E-state index contributed by atoms with van der Waals surface area (Å²) in [4.78, 5) is 10.5. The van der Waals surface area contributed by atoms with Gasteiger partial charge in [-0.2, -0.15) is 0 Å². The quantitative estimate of drug-likeness (QED) is 0.623. The zero-order valence-electron chi connectivity index (χ0n) is 7.33. The average Bonchev–Trinajstić information content (AvgIpc) is 1.84. The van der Waals surface area contributed by atoms with Crippen LogP contribution in [0.2, 0.25) is 0 Å². The monoisotopic (exact) mass is 160 g/mol. The molecule has 0 saturated carbocycles. The zero-order valence-corrected chi connectivity index (χ0v) is 7.33. The highest BCUT2D eigenvalue weighted by Gasteiger charge is 2.11. The summed E-state index contributed by atoms with van der Waals surface area (Å²) in [6, 6.07) is 0. The van der Waals surface area contributed by atoms with Gasteiger partial charge in [-0.15, -0.1) is 0 Å². The van der Waals surface area contributed by atoms with Crippen molar-refractivity contribution in [2.45, 2.75) is 33.3 Å². The van der Waals surface area contributed by atoms with Gasteiger partial charge in [-0.25, -0.2) is 0 Å². The molecule has 0 aromatic carbocycles. The first-order valence-corrected chi connectivity index (χ1v) is 3.84. The predicted molar refractivity (Wildman–Crippen MR) is 42.1 cm³/mol. The van der Waals surface area contributed by atoms with E-state index >= 15 is 0 Å². The van der Waals surface area contributed by atoms with Gasteiger partial charge < -0.3 is 9.84 Å². The normalized spacial score (nSPS) is 13.2. The second-order valence-electron chi connectivity index (χ2n) is 3.04. The van der Waals surface area contributed by atoms with Crippen molar-refractivity contribution in [3.05, 3.63) is 0 Å². The summed E-state index contributed by atoms with van der Waals surface area (Å²) in [5, 5.41) is 8.75. The summed E-state index contributed by atoms with van der Waals surface area (Å²) in [6.07, 6.45) is 0.392. The molecule has 0 amide bonds. The molecular weight excluding hydrogens is 144 g/mol. The van der Waals surface area contributed by atoms with Crippen LogP contribution in [0.4, 0.5) is 0 Å². The highest BCUT2D eigenvalue weighted by Crippen LogP contribution is 2.07. The molecule has 0 aromatic rings. The fourth-order valence-corrected chi connectivity index (χ4v) is 0.920. The Hall–Kier alpha value is -0.570. The summed E-state index contributed by atoms with van der Waals surface area (Å²) < 4.78 is 4.82. The summed E-state index contributed by atoms with van der Waals surface area (Å²) in [7, 11) is 0. The molecular formula is C8H16O3. The van der Waals surface area contributed by atoms with E-state index in [9.17, 15) is 4.79 Å². The highest BCUT2D eigenvalue weighted by atomic mass is 16.5. The van der Waals surface area contributed by atoms with Gasteiger partial charge in [0, 0.05) is 6.92 Å². The first-order chi connectivity index (χ1) is 5.06. The van der Waals surface area contributed by atoms with E-state index in [0.29, 0.717) is 5.92 Å². The molecule has 0 spiro atoms. The SMILES string of the molecule is CC(=O)O[C@H](CO)CC(C)C. The van der Waals surface area contributed by atoms with E-state index in [1.165, 1.54) is 6.92 Å². The highest BCUT2D eigenvalue weighted by molar-refractivity contribution is 5.66. The molecule has 0 saturated heterocycles. The Morgan fingerprint density at radius 3 is 2.36 bits per heavy atom. The van der Waals surface area contributed by atoms with Crippen LogP contribution in [0.5, 0.6) is 0 Å². The lowest BCUT2D eigenvalue weighted by Crippen LogP contribution is -2.22. The van der Waals surface area contributed by atoms with Crippen LogP contribution in [0.3, 0.4) is 0 Å². The topological polar surface area (TPSA) is 46.5 Å².